The Morgan fingerprint density at radius 2 is 2.00 bits per heavy atom. The smallest absolute Gasteiger partial charge is 0.129 e. The van der Waals surface area contributed by atoms with Crippen LogP contribution < -0.4 is 10.5 Å². The maximum Gasteiger partial charge on any atom is 0.129 e. The highest BCUT2D eigenvalue weighted by Gasteiger charge is 2.10. The van der Waals surface area contributed by atoms with Crippen LogP contribution in [0.4, 0.5) is 4.39 Å². The fourth-order valence-electron chi connectivity index (χ4n) is 1.95. The van der Waals surface area contributed by atoms with Crippen LogP contribution in [0.5, 0.6) is 5.75 Å². The van der Waals surface area contributed by atoms with Gasteiger partial charge in [-0.25, -0.2) is 4.39 Å². The van der Waals surface area contributed by atoms with Crippen molar-refractivity contribution < 1.29 is 9.13 Å². The average Bonchev–Trinajstić information content (AvgIpc) is 2.39. The summed E-state index contributed by atoms with van der Waals surface area (Å²) in [5, 5.41) is 0.488. The Balaban J connectivity index is 2.22. The van der Waals surface area contributed by atoms with E-state index in [2.05, 4.69) is 0 Å². The number of halogens is 2. The molecule has 0 bridgehead atoms. The van der Waals surface area contributed by atoms with Crippen molar-refractivity contribution in [1.82, 2.24) is 0 Å². The zero-order chi connectivity index (χ0) is 14.7. The van der Waals surface area contributed by atoms with Crippen molar-refractivity contribution in [2.75, 3.05) is 0 Å². The molecule has 1 atom stereocenters. The van der Waals surface area contributed by atoms with E-state index in [4.69, 9.17) is 22.1 Å². The first-order valence-corrected chi connectivity index (χ1v) is 6.78. The van der Waals surface area contributed by atoms with Gasteiger partial charge in [0.2, 0.25) is 0 Å². The van der Waals surface area contributed by atoms with Gasteiger partial charge in [-0.3, -0.25) is 0 Å². The van der Waals surface area contributed by atoms with Gasteiger partial charge in [0.05, 0.1) is 0 Å². The van der Waals surface area contributed by atoms with Gasteiger partial charge in [-0.1, -0.05) is 23.7 Å². The quantitative estimate of drug-likeness (QED) is 0.907. The Labute approximate surface area is 123 Å². The molecule has 2 rings (SSSR count). The van der Waals surface area contributed by atoms with Crippen LogP contribution in [0, 0.1) is 12.7 Å². The number of hydrogen-bond acceptors (Lipinski definition) is 2. The van der Waals surface area contributed by atoms with Crippen LogP contribution in [0.2, 0.25) is 5.02 Å². The molecule has 0 aliphatic rings. The van der Waals surface area contributed by atoms with E-state index in [1.54, 1.807) is 6.07 Å². The van der Waals surface area contributed by atoms with Gasteiger partial charge in [0, 0.05) is 22.2 Å². The summed E-state index contributed by atoms with van der Waals surface area (Å²) in [5.74, 6) is 0.351. The number of ether oxygens (including phenoxy) is 1. The molecule has 20 heavy (non-hydrogen) atoms. The molecule has 0 aromatic heterocycles. The molecule has 2 aromatic carbocycles. The molecule has 0 amide bonds. The second-order valence-electron chi connectivity index (χ2n) is 4.85. The highest BCUT2D eigenvalue weighted by atomic mass is 35.5. The number of benzene rings is 2. The van der Waals surface area contributed by atoms with E-state index in [1.807, 2.05) is 32.0 Å². The van der Waals surface area contributed by atoms with E-state index in [0.717, 1.165) is 11.1 Å². The molecule has 106 valence electrons. The third-order valence-corrected chi connectivity index (χ3v) is 3.29. The van der Waals surface area contributed by atoms with E-state index in [9.17, 15) is 4.39 Å². The monoisotopic (exact) mass is 293 g/mol. The Morgan fingerprint density at radius 3 is 2.70 bits per heavy atom. The Hall–Kier alpha value is -1.58. The molecule has 4 heteroatoms. The summed E-state index contributed by atoms with van der Waals surface area (Å²) < 4.78 is 19.4. The predicted octanol–water partition coefficient (Wildman–Crippen LogP) is 4.39. The van der Waals surface area contributed by atoms with Gasteiger partial charge >= 0.3 is 0 Å². The Kier molecular flexibility index (Phi) is 4.63. The van der Waals surface area contributed by atoms with Crippen LogP contribution in [-0.2, 0) is 6.61 Å². The van der Waals surface area contributed by atoms with Gasteiger partial charge in [-0.15, -0.1) is 0 Å². The first-order chi connectivity index (χ1) is 9.47. The van der Waals surface area contributed by atoms with Crippen molar-refractivity contribution in [2.45, 2.75) is 26.5 Å². The van der Waals surface area contributed by atoms with E-state index in [0.29, 0.717) is 16.3 Å². The maximum atomic E-state index is 13.6. The highest BCUT2D eigenvalue weighted by molar-refractivity contribution is 6.30. The lowest BCUT2D eigenvalue weighted by molar-refractivity contribution is 0.295. The fraction of sp³-hybridized carbons (Fsp3) is 0.250. The van der Waals surface area contributed by atoms with Crippen LogP contribution in [0.25, 0.3) is 0 Å². The predicted molar refractivity (Wildman–Crippen MR) is 79.5 cm³/mol. The third-order valence-electron chi connectivity index (χ3n) is 3.05. The molecule has 0 unspecified atom stereocenters. The summed E-state index contributed by atoms with van der Waals surface area (Å²) in [5.41, 5.74) is 8.30. The number of rotatable bonds is 4. The summed E-state index contributed by atoms with van der Waals surface area (Å²) in [7, 11) is 0. The lowest BCUT2D eigenvalue weighted by Gasteiger charge is -2.15. The molecule has 0 fully saturated rings. The van der Waals surface area contributed by atoms with Crippen LogP contribution in [0.3, 0.4) is 0 Å². The fourth-order valence-corrected chi connectivity index (χ4v) is 2.15. The molecule has 0 aliphatic heterocycles. The summed E-state index contributed by atoms with van der Waals surface area (Å²) in [6, 6.07) is 10.1. The molecule has 0 saturated carbocycles. The summed E-state index contributed by atoms with van der Waals surface area (Å²) in [6.45, 7) is 3.98. The first-order valence-electron chi connectivity index (χ1n) is 6.40. The molecule has 0 saturated heterocycles. The van der Waals surface area contributed by atoms with Crippen LogP contribution in [0.15, 0.2) is 36.4 Å². The van der Waals surface area contributed by atoms with Gasteiger partial charge in [0.25, 0.3) is 0 Å². The SMILES string of the molecule is Cc1ccc([C@H](C)N)c(OCc2cc(Cl)ccc2F)c1. The van der Waals surface area contributed by atoms with Crippen molar-refractivity contribution in [2.24, 2.45) is 5.73 Å². The molecule has 0 heterocycles. The molecule has 0 radical (unpaired) electrons. The van der Waals surface area contributed by atoms with Gasteiger partial charge in [0.1, 0.15) is 18.2 Å². The van der Waals surface area contributed by atoms with E-state index in [1.165, 1.54) is 12.1 Å². The molecule has 0 spiro atoms. The Bertz CT molecular complexity index is 613. The standard InChI is InChI=1S/C16H17ClFNO/c1-10-3-5-14(11(2)19)16(7-10)20-9-12-8-13(17)4-6-15(12)18/h3-8,11H,9,19H2,1-2H3/t11-/m0/s1. The molecule has 2 aromatic rings. The lowest BCUT2D eigenvalue weighted by atomic mass is 10.1. The topological polar surface area (TPSA) is 35.2 Å². The normalized spacial score (nSPS) is 12.2. The van der Waals surface area contributed by atoms with Gasteiger partial charge in [-0.05, 0) is 43.7 Å². The maximum absolute atomic E-state index is 13.6. The third kappa shape index (κ3) is 3.50. The van der Waals surface area contributed by atoms with Gasteiger partial charge in [0.15, 0.2) is 0 Å². The molecule has 0 aliphatic carbocycles. The highest BCUT2D eigenvalue weighted by Crippen LogP contribution is 2.26. The molecular formula is C16H17ClFNO. The zero-order valence-electron chi connectivity index (χ0n) is 11.5. The van der Waals surface area contributed by atoms with Crippen molar-refractivity contribution in [3.8, 4) is 5.75 Å². The lowest BCUT2D eigenvalue weighted by Crippen LogP contribution is -2.08. The van der Waals surface area contributed by atoms with Crippen LogP contribution in [0.1, 0.15) is 29.7 Å². The average molecular weight is 294 g/mol. The second-order valence-corrected chi connectivity index (χ2v) is 5.29. The zero-order valence-corrected chi connectivity index (χ0v) is 12.2. The minimum atomic E-state index is -0.329. The van der Waals surface area contributed by atoms with Crippen molar-refractivity contribution >= 4 is 11.6 Å². The summed E-state index contributed by atoms with van der Waals surface area (Å²) >= 11 is 5.86. The van der Waals surface area contributed by atoms with Gasteiger partial charge < -0.3 is 10.5 Å². The number of nitrogens with two attached hydrogens (primary N) is 1. The number of aryl methyl sites for hydroxylation is 1. The van der Waals surface area contributed by atoms with Crippen LogP contribution >= 0.6 is 11.6 Å². The van der Waals surface area contributed by atoms with Crippen molar-refractivity contribution in [1.29, 1.82) is 0 Å². The summed E-state index contributed by atoms with van der Waals surface area (Å²) in [6.07, 6.45) is 0. The van der Waals surface area contributed by atoms with E-state index in [-0.39, 0.29) is 18.5 Å². The summed E-state index contributed by atoms with van der Waals surface area (Å²) in [4.78, 5) is 0. The minimum Gasteiger partial charge on any atom is -0.488 e. The number of hydrogen-bond donors (Lipinski definition) is 1. The molecule has 2 N–H and O–H groups in total. The molecular weight excluding hydrogens is 277 g/mol. The van der Waals surface area contributed by atoms with E-state index < -0.39 is 0 Å². The van der Waals surface area contributed by atoms with E-state index >= 15 is 0 Å². The van der Waals surface area contributed by atoms with Crippen molar-refractivity contribution in [3.63, 3.8) is 0 Å². The Morgan fingerprint density at radius 1 is 1.25 bits per heavy atom. The van der Waals surface area contributed by atoms with Crippen molar-refractivity contribution in [3.05, 3.63) is 63.9 Å². The largest absolute Gasteiger partial charge is 0.488 e. The molecule has 2 nitrogen and oxygen atoms in total. The minimum absolute atomic E-state index is 0.121. The second kappa shape index (κ2) is 6.25. The van der Waals surface area contributed by atoms with Gasteiger partial charge in [-0.2, -0.15) is 0 Å². The van der Waals surface area contributed by atoms with Crippen LogP contribution in [-0.4, -0.2) is 0 Å². The first kappa shape index (κ1) is 14.8.